The van der Waals surface area contributed by atoms with Gasteiger partial charge in [-0.2, -0.15) is 0 Å². The van der Waals surface area contributed by atoms with Crippen molar-refractivity contribution < 1.29 is 9.63 Å². The maximum atomic E-state index is 10.5. The Morgan fingerprint density at radius 3 is 2.67 bits per heavy atom. The highest BCUT2D eigenvalue weighted by Crippen LogP contribution is 2.05. The maximum Gasteiger partial charge on any atom is 0.247 e. The van der Waals surface area contributed by atoms with Crippen LogP contribution in [0.4, 0.5) is 0 Å². The average molecular weight is 130 g/mol. The van der Waals surface area contributed by atoms with Crippen LogP contribution in [-0.2, 0) is 9.63 Å². The number of hydrogen-bond donors (Lipinski definition) is 1. The van der Waals surface area contributed by atoms with Gasteiger partial charge in [0.2, 0.25) is 5.91 Å². The minimum absolute atomic E-state index is 0.0475. The zero-order valence-corrected chi connectivity index (χ0v) is 5.55. The van der Waals surface area contributed by atoms with E-state index in [0.717, 1.165) is 0 Å². The minimum Gasteiger partial charge on any atom is -0.282 e. The molecule has 1 N–H and O–H groups in total. The number of rotatable bonds is 1. The lowest BCUT2D eigenvalue weighted by molar-refractivity contribution is -0.125. The van der Waals surface area contributed by atoms with Crippen LogP contribution in [0.5, 0.6) is 0 Å². The van der Waals surface area contributed by atoms with Crippen LogP contribution in [0.25, 0.3) is 0 Å². The molecule has 1 rings (SSSR count). The van der Waals surface area contributed by atoms with Gasteiger partial charge in [0.05, 0.1) is 6.42 Å². The number of hydroxylamine groups is 1. The summed E-state index contributed by atoms with van der Waals surface area (Å²) in [5, 5.41) is 0. The molecule has 0 aliphatic carbocycles. The first-order valence-electron chi connectivity index (χ1n) is 2.81. The summed E-state index contributed by atoms with van der Waals surface area (Å²) in [4.78, 5) is 17.2. The summed E-state index contributed by atoms with van der Waals surface area (Å²) >= 11 is 0. The average Bonchev–Trinajstić information content (AvgIpc) is 2.14. The molecule has 0 aromatic heterocycles. The largest absolute Gasteiger partial charge is 0.282 e. The molecule has 1 saturated heterocycles. The smallest absolute Gasteiger partial charge is 0.247 e. The third-order valence-electron chi connectivity index (χ3n) is 1.24. The maximum absolute atomic E-state index is 10.5. The van der Waals surface area contributed by atoms with Crippen molar-refractivity contribution in [3.8, 4) is 0 Å². The van der Waals surface area contributed by atoms with E-state index in [9.17, 15) is 4.79 Å². The van der Waals surface area contributed by atoms with E-state index in [0.29, 0.717) is 6.42 Å². The molecule has 52 valence electrons. The molecule has 1 fully saturated rings. The van der Waals surface area contributed by atoms with Crippen molar-refractivity contribution in [3.63, 3.8) is 0 Å². The number of carbonyl (C=O) groups excluding carboxylic acids is 1. The highest BCUT2D eigenvalue weighted by molar-refractivity contribution is 5.76. The van der Waals surface area contributed by atoms with E-state index in [1.54, 1.807) is 0 Å². The van der Waals surface area contributed by atoms with E-state index in [4.69, 9.17) is 4.84 Å². The van der Waals surface area contributed by atoms with Gasteiger partial charge in [0.25, 0.3) is 0 Å². The highest BCUT2D eigenvalue weighted by Gasteiger charge is 2.23. The van der Waals surface area contributed by atoms with Crippen LogP contribution in [0.1, 0.15) is 6.42 Å². The van der Waals surface area contributed by atoms with Crippen molar-refractivity contribution >= 4 is 5.91 Å². The van der Waals surface area contributed by atoms with Crippen LogP contribution in [0.2, 0.25) is 0 Å². The molecular weight excluding hydrogens is 120 g/mol. The van der Waals surface area contributed by atoms with E-state index >= 15 is 0 Å². The summed E-state index contributed by atoms with van der Waals surface area (Å²) in [6.45, 7) is 0. The monoisotopic (exact) mass is 130 g/mol. The zero-order chi connectivity index (χ0) is 6.85. The van der Waals surface area contributed by atoms with Crippen LogP contribution < -0.4 is 5.48 Å². The fourth-order valence-electron chi connectivity index (χ4n) is 0.664. The lowest BCUT2D eigenvalue weighted by atomic mass is 10.4. The molecule has 4 nitrogen and oxygen atoms in total. The first-order valence-corrected chi connectivity index (χ1v) is 2.81. The van der Waals surface area contributed by atoms with Crippen LogP contribution in [0, 0.1) is 0 Å². The van der Waals surface area contributed by atoms with Crippen molar-refractivity contribution in [2.45, 2.75) is 12.6 Å². The van der Waals surface area contributed by atoms with E-state index in [1.807, 2.05) is 19.0 Å². The molecule has 1 unspecified atom stereocenters. The third kappa shape index (κ3) is 1.40. The quantitative estimate of drug-likeness (QED) is 0.511. The lowest BCUT2D eigenvalue weighted by Crippen LogP contribution is -2.27. The summed E-state index contributed by atoms with van der Waals surface area (Å²) in [6, 6.07) is 0. The van der Waals surface area contributed by atoms with Crippen molar-refractivity contribution in [2.24, 2.45) is 0 Å². The second-order valence-electron chi connectivity index (χ2n) is 2.27. The first kappa shape index (κ1) is 6.51. The molecule has 0 aromatic rings. The number of nitrogens with one attached hydrogen (secondary N) is 1. The number of carbonyl (C=O) groups is 1. The molecule has 0 spiro atoms. The molecule has 9 heavy (non-hydrogen) atoms. The van der Waals surface area contributed by atoms with Gasteiger partial charge in [0.1, 0.15) is 6.23 Å². The first-order chi connectivity index (χ1) is 4.20. The molecule has 1 heterocycles. The summed E-state index contributed by atoms with van der Waals surface area (Å²) in [5.74, 6) is -0.0475. The van der Waals surface area contributed by atoms with Gasteiger partial charge in [0, 0.05) is 0 Å². The molecule has 1 amide bonds. The summed E-state index contributed by atoms with van der Waals surface area (Å²) in [7, 11) is 3.73. The number of nitrogens with zero attached hydrogens (tertiary/aromatic N) is 1. The molecule has 0 radical (unpaired) electrons. The van der Waals surface area contributed by atoms with Crippen molar-refractivity contribution in [1.82, 2.24) is 10.4 Å². The summed E-state index contributed by atoms with van der Waals surface area (Å²) in [5.41, 5.74) is 2.27. The Labute approximate surface area is 53.7 Å². The Morgan fingerprint density at radius 1 is 1.78 bits per heavy atom. The van der Waals surface area contributed by atoms with E-state index < -0.39 is 0 Å². The van der Waals surface area contributed by atoms with Gasteiger partial charge >= 0.3 is 0 Å². The fourth-order valence-corrected chi connectivity index (χ4v) is 0.664. The Hall–Kier alpha value is -0.610. The van der Waals surface area contributed by atoms with Gasteiger partial charge < -0.3 is 0 Å². The van der Waals surface area contributed by atoms with Gasteiger partial charge in [-0.15, -0.1) is 0 Å². The lowest BCUT2D eigenvalue weighted by Gasteiger charge is -2.14. The molecular formula is C5H10N2O2. The third-order valence-corrected chi connectivity index (χ3v) is 1.24. The molecule has 4 heteroatoms. The SMILES string of the molecule is CN(C)C1CC(=O)NO1. The second kappa shape index (κ2) is 2.33. The topological polar surface area (TPSA) is 41.6 Å². The Bertz CT molecular complexity index is 124. The molecule has 0 saturated carbocycles. The van der Waals surface area contributed by atoms with Crippen molar-refractivity contribution in [1.29, 1.82) is 0 Å². The van der Waals surface area contributed by atoms with Gasteiger partial charge in [0.15, 0.2) is 0 Å². The van der Waals surface area contributed by atoms with Crippen molar-refractivity contribution in [3.05, 3.63) is 0 Å². The van der Waals surface area contributed by atoms with E-state index in [-0.39, 0.29) is 12.1 Å². The number of amides is 1. The van der Waals surface area contributed by atoms with Crippen LogP contribution in [0.15, 0.2) is 0 Å². The van der Waals surface area contributed by atoms with Crippen LogP contribution in [-0.4, -0.2) is 31.1 Å². The zero-order valence-electron chi connectivity index (χ0n) is 5.55. The molecule has 0 aromatic carbocycles. The summed E-state index contributed by atoms with van der Waals surface area (Å²) in [6.07, 6.45) is 0.352. The Morgan fingerprint density at radius 2 is 2.44 bits per heavy atom. The molecule has 1 atom stereocenters. The molecule has 1 aliphatic heterocycles. The normalized spacial score (nSPS) is 27.0. The second-order valence-corrected chi connectivity index (χ2v) is 2.27. The fraction of sp³-hybridized carbons (Fsp3) is 0.800. The predicted octanol–water partition coefficient (Wildman–Crippen LogP) is -0.674. The molecule has 1 aliphatic rings. The Balaban J connectivity index is 2.39. The molecule has 0 bridgehead atoms. The van der Waals surface area contributed by atoms with E-state index in [1.165, 1.54) is 0 Å². The van der Waals surface area contributed by atoms with E-state index in [2.05, 4.69) is 5.48 Å². The summed E-state index contributed by atoms with van der Waals surface area (Å²) < 4.78 is 0. The minimum atomic E-state index is -0.0856. The van der Waals surface area contributed by atoms with Gasteiger partial charge in [-0.1, -0.05) is 0 Å². The standard InChI is InChI=1S/C5H10N2O2/c1-7(2)5-3-4(8)6-9-5/h5H,3H2,1-2H3,(H,6,8). The van der Waals surface area contributed by atoms with Gasteiger partial charge in [-0.25, -0.2) is 5.48 Å². The van der Waals surface area contributed by atoms with Crippen molar-refractivity contribution in [2.75, 3.05) is 14.1 Å². The number of hydrogen-bond acceptors (Lipinski definition) is 3. The van der Waals surface area contributed by atoms with Crippen LogP contribution in [0.3, 0.4) is 0 Å². The van der Waals surface area contributed by atoms with Crippen LogP contribution >= 0.6 is 0 Å². The van der Waals surface area contributed by atoms with Gasteiger partial charge in [-0.3, -0.25) is 14.5 Å². The Kier molecular flexibility index (Phi) is 1.68. The highest BCUT2D eigenvalue weighted by atomic mass is 16.7. The van der Waals surface area contributed by atoms with Gasteiger partial charge in [-0.05, 0) is 14.1 Å². The predicted molar refractivity (Wildman–Crippen MR) is 31.3 cm³/mol.